The highest BCUT2D eigenvalue weighted by Crippen LogP contribution is 2.34. The van der Waals surface area contributed by atoms with Crippen molar-refractivity contribution < 1.29 is 0 Å². The van der Waals surface area contributed by atoms with E-state index in [0.29, 0.717) is 5.56 Å². The Morgan fingerprint density at radius 1 is 1.05 bits per heavy atom. The molecule has 0 radical (unpaired) electrons. The molecule has 0 saturated carbocycles. The molecule has 0 spiro atoms. The molecule has 0 amide bonds. The molecule has 1 heterocycles. The van der Waals surface area contributed by atoms with Crippen molar-refractivity contribution in [1.82, 2.24) is 9.78 Å². The number of nitrogens with zero attached hydrogens (tertiary/aromatic N) is 3. The summed E-state index contributed by atoms with van der Waals surface area (Å²) >= 11 is 0. The normalized spacial score (nSPS) is 10.3. The Balaban J connectivity index is 2.29. The van der Waals surface area contributed by atoms with Gasteiger partial charge in [0.1, 0.15) is 0 Å². The van der Waals surface area contributed by atoms with Crippen LogP contribution in [0.1, 0.15) is 11.1 Å². The molecule has 102 valence electrons. The Labute approximate surface area is 124 Å². The molecule has 0 atom stereocenters. The van der Waals surface area contributed by atoms with E-state index in [1.54, 1.807) is 10.9 Å². The first kappa shape index (κ1) is 13.1. The van der Waals surface area contributed by atoms with Crippen molar-refractivity contribution >= 4 is 0 Å². The van der Waals surface area contributed by atoms with Gasteiger partial charge in [-0.1, -0.05) is 36.4 Å². The lowest BCUT2D eigenvalue weighted by molar-refractivity contribution is 0.775. The van der Waals surface area contributed by atoms with Gasteiger partial charge in [-0.05, 0) is 35.7 Å². The lowest BCUT2D eigenvalue weighted by atomic mass is 9.91. The van der Waals surface area contributed by atoms with Gasteiger partial charge in [-0.15, -0.1) is 0 Å². The van der Waals surface area contributed by atoms with Gasteiger partial charge in [-0.3, -0.25) is 4.68 Å². The minimum atomic E-state index is 0.677. The first-order chi connectivity index (χ1) is 10.2. The van der Waals surface area contributed by atoms with Gasteiger partial charge in [0.05, 0.1) is 17.3 Å². The average Bonchev–Trinajstić information content (AvgIpc) is 2.93. The average molecular weight is 273 g/mol. The molecule has 0 bridgehead atoms. The summed E-state index contributed by atoms with van der Waals surface area (Å²) < 4.78 is 1.80. The van der Waals surface area contributed by atoms with Gasteiger partial charge in [-0.25, -0.2) is 0 Å². The molecule has 0 aliphatic rings. The molecule has 0 N–H and O–H groups in total. The molecule has 0 fully saturated rings. The van der Waals surface area contributed by atoms with E-state index >= 15 is 0 Å². The molecule has 3 nitrogen and oxygen atoms in total. The molecule has 21 heavy (non-hydrogen) atoms. The maximum atomic E-state index is 9.41. The van der Waals surface area contributed by atoms with Gasteiger partial charge in [0.2, 0.25) is 0 Å². The van der Waals surface area contributed by atoms with Crippen molar-refractivity contribution in [2.24, 2.45) is 7.05 Å². The number of aromatic nitrogens is 2. The SMILES string of the molecule is Cc1c(-c2ccccc2)ccc(C#N)c1-c1ccnn1C. The van der Waals surface area contributed by atoms with Gasteiger partial charge in [0.25, 0.3) is 0 Å². The molecule has 0 saturated heterocycles. The lowest BCUT2D eigenvalue weighted by Crippen LogP contribution is -1.99. The second-order valence-corrected chi connectivity index (χ2v) is 4.98. The Morgan fingerprint density at radius 2 is 1.81 bits per heavy atom. The fraction of sp³-hybridized carbons (Fsp3) is 0.111. The predicted octanol–water partition coefficient (Wildman–Crippen LogP) is 3.93. The summed E-state index contributed by atoms with van der Waals surface area (Å²) in [6, 6.07) is 18.4. The predicted molar refractivity (Wildman–Crippen MR) is 83.5 cm³/mol. The van der Waals surface area contributed by atoms with E-state index in [0.717, 1.165) is 27.9 Å². The zero-order chi connectivity index (χ0) is 14.8. The summed E-state index contributed by atoms with van der Waals surface area (Å²) in [5.74, 6) is 0. The van der Waals surface area contributed by atoms with Crippen LogP contribution in [0.4, 0.5) is 0 Å². The third kappa shape index (κ3) is 2.21. The van der Waals surface area contributed by atoms with Crippen molar-refractivity contribution in [1.29, 1.82) is 5.26 Å². The molecule has 0 unspecified atom stereocenters. The Morgan fingerprint density at radius 3 is 2.43 bits per heavy atom. The molecular formula is C18H15N3. The zero-order valence-corrected chi connectivity index (χ0v) is 12.0. The summed E-state index contributed by atoms with van der Waals surface area (Å²) in [6.07, 6.45) is 1.76. The van der Waals surface area contributed by atoms with Gasteiger partial charge in [-0.2, -0.15) is 10.4 Å². The van der Waals surface area contributed by atoms with E-state index in [1.165, 1.54) is 0 Å². The highest BCUT2D eigenvalue weighted by atomic mass is 15.3. The number of hydrogen-bond acceptors (Lipinski definition) is 2. The maximum absolute atomic E-state index is 9.41. The van der Waals surface area contributed by atoms with Crippen LogP contribution in [0.15, 0.2) is 54.7 Å². The van der Waals surface area contributed by atoms with E-state index in [9.17, 15) is 5.26 Å². The Hall–Kier alpha value is -2.86. The largest absolute Gasteiger partial charge is 0.268 e. The summed E-state index contributed by atoms with van der Waals surface area (Å²) in [5, 5.41) is 13.6. The molecule has 1 aromatic heterocycles. The molecule has 3 heteroatoms. The van der Waals surface area contributed by atoms with Crippen molar-refractivity contribution in [2.45, 2.75) is 6.92 Å². The Bertz CT molecular complexity index is 823. The third-order valence-electron chi connectivity index (χ3n) is 3.75. The monoisotopic (exact) mass is 273 g/mol. The van der Waals surface area contributed by atoms with Crippen LogP contribution < -0.4 is 0 Å². The second-order valence-electron chi connectivity index (χ2n) is 4.98. The first-order valence-corrected chi connectivity index (χ1v) is 6.80. The smallest absolute Gasteiger partial charge is 0.0998 e. The zero-order valence-electron chi connectivity index (χ0n) is 12.0. The summed E-state index contributed by atoms with van der Waals surface area (Å²) in [6.45, 7) is 2.06. The number of aryl methyl sites for hydroxylation is 1. The second kappa shape index (κ2) is 5.26. The Kier molecular flexibility index (Phi) is 3.29. The van der Waals surface area contributed by atoms with Gasteiger partial charge in [0, 0.05) is 18.8 Å². The highest BCUT2D eigenvalue weighted by Gasteiger charge is 2.15. The van der Waals surface area contributed by atoms with Crippen LogP contribution in [0.3, 0.4) is 0 Å². The van der Waals surface area contributed by atoms with Crippen LogP contribution in [0.25, 0.3) is 22.4 Å². The summed E-state index contributed by atoms with van der Waals surface area (Å²) in [4.78, 5) is 0. The highest BCUT2D eigenvalue weighted by molar-refractivity contribution is 5.80. The topological polar surface area (TPSA) is 41.6 Å². The fourth-order valence-corrected chi connectivity index (χ4v) is 2.68. The van der Waals surface area contributed by atoms with Crippen molar-refractivity contribution in [3.63, 3.8) is 0 Å². The molecule has 0 aliphatic carbocycles. The van der Waals surface area contributed by atoms with Crippen LogP contribution in [-0.4, -0.2) is 9.78 Å². The molecule has 3 aromatic rings. The van der Waals surface area contributed by atoms with Crippen LogP contribution >= 0.6 is 0 Å². The minimum Gasteiger partial charge on any atom is -0.268 e. The number of rotatable bonds is 2. The minimum absolute atomic E-state index is 0.677. The van der Waals surface area contributed by atoms with Gasteiger partial charge < -0.3 is 0 Å². The van der Waals surface area contributed by atoms with E-state index in [1.807, 2.05) is 43.4 Å². The standard InChI is InChI=1S/C18H15N3/c1-13-16(14-6-4-3-5-7-14)9-8-15(12-19)18(13)17-10-11-20-21(17)2/h3-11H,1-2H3. The van der Waals surface area contributed by atoms with Crippen LogP contribution in [0, 0.1) is 18.3 Å². The number of benzene rings is 2. The maximum Gasteiger partial charge on any atom is 0.0998 e. The van der Waals surface area contributed by atoms with E-state index < -0.39 is 0 Å². The number of nitriles is 1. The van der Waals surface area contributed by atoms with E-state index in [-0.39, 0.29) is 0 Å². The van der Waals surface area contributed by atoms with Crippen LogP contribution in [0.2, 0.25) is 0 Å². The number of hydrogen-bond donors (Lipinski definition) is 0. The quantitative estimate of drug-likeness (QED) is 0.709. The fourth-order valence-electron chi connectivity index (χ4n) is 2.68. The van der Waals surface area contributed by atoms with Gasteiger partial charge >= 0.3 is 0 Å². The van der Waals surface area contributed by atoms with Crippen molar-refractivity contribution in [2.75, 3.05) is 0 Å². The van der Waals surface area contributed by atoms with E-state index in [4.69, 9.17) is 0 Å². The molecular weight excluding hydrogens is 258 g/mol. The van der Waals surface area contributed by atoms with Crippen LogP contribution in [-0.2, 0) is 7.05 Å². The molecule has 3 rings (SSSR count). The third-order valence-corrected chi connectivity index (χ3v) is 3.75. The van der Waals surface area contributed by atoms with Gasteiger partial charge in [0.15, 0.2) is 0 Å². The van der Waals surface area contributed by atoms with Crippen molar-refractivity contribution in [3.8, 4) is 28.5 Å². The summed E-state index contributed by atoms with van der Waals surface area (Å²) in [7, 11) is 1.89. The molecule has 0 aliphatic heterocycles. The lowest BCUT2D eigenvalue weighted by Gasteiger charge is -2.13. The van der Waals surface area contributed by atoms with E-state index in [2.05, 4.69) is 30.2 Å². The van der Waals surface area contributed by atoms with Crippen LogP contribution in [0.5, 0.6) is 0 Å². The molecule has 2 aromatic carbocycles. The van der Waals surface area contributed by atoms with Crippen molar-refractivity contribution in [3.05, 3.63) is 65.9 Å². The summed E-state index contributed by atoms with van der Waals surface area (Å²) in [5.41, 5.74) is 5.99. The first-order valence-electron chi connectivity index (χ1n) is 6.80.